The molecule has 3 atom stereocenters. The zero-order valence-electron chi connectivity index (χ0n) is 18.0. The third-order valence-corrected chi connectivity index (χ3v) is 5.97. The number of methoxy groups -OCH3 is 3. The van der Waals surface area contributed by atoms with Gasteiger partial charge in [0.15, 0.2) is 17.3 Å². The highest BCUT2D eigenvalue weighted by Crippen LogP contribution is 2.47. The van der Waals surface area contributed by atoms with Crippen molar-refractivity contribution >= 4 is 23.1 Å². The van der Waals surface area contributed by atoms with Crippen molar-refractivity contribution < 1.29 is 23.8 Å². The first-order valence-electron chi connectivity index (χ1n) is 10.2. The van der Waals surface area contributed by atoms with Crippen molar-refractivity contribution in [3.05, 3.63) is 59.3 Å². The molecule has 2 aromatic carbocycles. The lowest BCUT2D eigenvalue weighted by Crippen LogP contribution is -2.39. The molecule has 0 fully saturated rings. The molecular formula is C24H26N2O5. The van der Waals surface area contributed by atoms with Crippen LogP contribution in [-0.2, 0) is 14.3 Å². The van der Waals surface area contributed by atoms with Crippen LogP contribution >= 0.6 is 0 Å². The number of fused-ring (bicyclic) bond motifs is 1. The maximum atomic E-state index is 13.7. The number of carbonyl (C=O) groups is 2. The van der Waals surface area contributed by atoms with Crippen LogP contribution in [0, 0.1) is 11.8 Å². The number of Topliss-reactive ketones (excluding diaryl/α,β-unsaturated/α-hetero) is 1. The van der Waals surface area contributed by atoms with Crippen molar-refractivity contribution in [2.45, 2.75) is 19.4 Å². The number of para-hydroxylation sites is 3. The third-order valence-electron chi connectivity index (χ3n) is 5.97. The number of rotatable bonds is 4. The van der Waals surface area contributed by atoms with Crippen LogP contribution in [0.5, 0.6) is 11.5 Å². The highest BCUT2D eigenvalue weighted by atomic mass is 16.5. The van der Waals surface area contributed by atoms with Crippen LogP contribution in [0.3, 0.4) is 0 Å². The molecular weight excluding hydrogens is 396 g/mol. The van der Waals surface area contributed by atoms with Gasteiger partial charge in [-0.1, -0.05) is 31.2 Å². The Bertz CT molecular complexity index is 1060. The number of benzene rings is 2. The first-order chi connectivity index (χ1) is 15.0. The van der Waals surface area contributed by atoms with E-state index < -0.39 is 17.9 Å². The summed E-state index contributed by atoms with van der Waals surface area (Å²) in [6.45, 7) is 1.90. The summed E-state index contributed by atoms with van der Waals surface area (Å²) in [7, 11) is 4.46. The van der Waals surface area contributed by atoms with Gasteiger partial charge in [0.05, 0.1) is 38.7 Å². The number of carbonyl (C=O) groups excluding carboxylic acids is 2. The van der Waals surface area contributed by atoms with E-state index in [1.54, 1.807) is 14.2 Å². The fourth-order valence-corrected chi connectivity index (χ4v) is 4.51. The molecule has 2 aromatic rings. The fourth-order valence-electron chi connectivity index (χ4n) is 4.51. The minimum Gasteiger partial charge on any atom is -0.493 e. The molecule has 2 aliphatic rings. The van der Waals surface area contributed by atoms with Gasteiger partial charge in [-0.05, 0) is 30.5 Å². The quantitative estimate of drug-likeness (QED) is 0.570. The van der Waals surface area contributed by atoms with Gasteiger partial charge in [-0.15, -0.1) is 0 Å². The Labute approximate surface area is 181 Å². The summed E-state index contributed by atoms with van der Waals surface area (Å²) < 4.78 is 16.1. The van der Waals surface area contributed by atoms with Crippen LogP contribution < -0.4 is 20.1 Å². The molecule has 1 aliphatic heterocycles. The molecule has 7 nitrogen and oxygen atoms in total. The summed E-state index contributed by atoms with van der Waals surface area (Å²) in [6, 6.07) is 12.8. The van der Waals surface area contributed by atoms with Gasteiger partial charge in [0.1, 0.15) is 5.92 Å². The van der Waals surface area contributed by atoms with E-state index in [1.807, 2.05) is 49.4 Å². The zero-order chi connectivity index (χ0) is 22.1. The van der Waals surface area contributed by atoms with Crippen LogP contribution in [0.2, 0.25) is 0 Å². The molecule has 0 radical (unpaired) electrons. The monoisotopic (exact) mass is 422 g/mol. The van der Waals surface area contributed by atoms with E-state index in [0.717, 1.165) is 22.6 Å². The number of anilines is 2. The predicted octanol–water partition coefficient (Wildman–Crippen LogP) is 3.93. The van der Waals surface area contributed by atoms with Crippen LogP contribution in [0.25, 0.3) is 0 Å². The summed E-state index contributed by atoms with van der Waals surface area (Å²) in [5, 5.41) is 6.93. The molecule has 0 saturated heterocycles. The molecule has 0 aromatic heterocycles. The highest BCUT2D eigenvalue weighted by molar-refractivity contribution is 6.11. The van der Waals surface area contributed by atoms with E-state index in [1.165, 1.54) is 7.11 Å². The highest BCUT2D eigenvalue weighted by Gasteiger charge is 2.45. The molecule has 4 rings (SSSR count). The standard InChI is InChI=1S/C24H26N2O5/c1-13-12-17-20(22(27)19(13)24(28)31-4)21(26-16-10-6-5-9-15(16)25-17)14-8-7-11-18(29-2)23(14)30-3/h5-11,13,19,21,25-26H,12H2,1-4H3/t13-,19-,21-/m1/s1. The lowest BCUT2D eigenvalue weighted by atomic mass is 9.74. The molecule has 2 N–H and O–H groups in total. The van der Waals surface area contributed by atoms with Crippen molar-refractivity contribution in [3.8, 4) is 11.5 Å². The first kappa shape index (κ1) is 20.8. The summed E-state index contributed by atoms with van der Waals surface area (Å²) in [5.74, 6) is -0.701. The molecule has 0 amide bonds. The third kappa shape index (κ3) is 3.50. The fraction of sp³-hybridized carbons (Fsp3) is 0.333. The van der Waals surface area contributed by atoms with Gasteiger partial charge in [-0.3, -0.25) is 9.59 Å². The smallest absolute Gasteiger partial charge is 0.316 e. The Kier molecular flexibility index (Phi) is 5.59. The predicted molar refractivity (Wildman–Crippen MR) is 117 cm³/mol. The summed E-state index contributed by atoms with van der Waals surface area (Å²) in [5.41, 5.74) is 3.78. The molecule has 0 bridgehead atoms. The minimum absolute atomic E-state index is 0.190. The Morgan fingerprint density at radius 2 is 1.74 bits per heavy atom. The summed E-state index contributed by atoms with van der Waals surface area (Å²) >= 11 is 0. The van der Waals surface area contributed by atoms with Crippen molar-refractivity contribution in [1.29, 1.82) is 0 Å². The van der Waals surface area contributed by atoms with Crippen molar-refractivity contribution in [2.75, 3.05) is 32.0 Å². The number of hydrogen-bond donors (Lipinski definition) is 2. The van der Waals surface area contributed by atoms with Crippen molar-refractivity contribution in [2.24, 2.45) is 11.8 Å². The molecule has 0 spiro atoms. The number of ketones is 1. The Hall–Kier alpha value is -3.48. The number of ether oxygens (including phenoxy) is 3. The summed E-state index contributed by atoms with van der Waals surface area (Å²) in [4.78, 5) is 26.2. The van der Waals surface area contributed by atoms with Crippen molar-refractivity contribution in [1.82, 2.24) is 0 Å². The van der Waals surface area contributed by atoms with Crippen LogP contribution in [0.1, 0.15) is 24.9 Å². The van der Waals surface area contributed by atoms with E-state index >= 15 is 0 Å². The number of esters is 1. The van der Waals surface area contributed by atoms with Crippen molar-refractivity contribution in [3.63, 3.8) is 0 Å². The lowest BCUT2D eigenvalue weighted by Gasteiger charge is -2.33. The van der Waals surface area contributed by atoms with E-state index in [4.69, 9.17) is 14.2 Å². The largest absolute Gasteiger partial charge is 0.493 e. The summed E-state index contributed by atoms with van der Waals surface area (Å²) in [6.07, 6.45) is 0.541. The molecule has 1 aliphatic carbocycles. The second-order valence-electron chi connectivity index (χ2n) is 7.77. The SMILES string of the molecule is COC(=O)[C@H]1C(=O)C2=C(C[C@H]1C)Nc1ccccc1N[C@@H]2c1cccc(OC)c1OC. The Morgan fingerprint density at radius 3 is 2.42 bits per heavy atom. The van der Waals surface area contributed by atoms with Gasteiger partial charge in [-0.2, -0.15) is 0 Å². The molecule has 0 saturated carbocycles. The first-order valence-corrected chi connectivity index (χ1v) is 10.2. The van der Waals surface area contributed by atoms with Gasteiger partial charge in [0.2, 0.25) is 0 Å². The van der Waals surface area contributed by atoms with Gasteiger partial charge in [0.25, 0.3) is 0 Å². The average molecular weight is 422 g/mol. The van der Waals surface area contributed by atoms with E-state index in [2.05, 4.69) is 10.6 Å². The van der Waals surface area contributed by atoms with Gasteiger partial charge in [0, 0.05) is 16.8 Å². The lowest BCUT2D eigenvalue weighted by molar-refractivity contribution is -0.151. The second kappa shape index (κ2) is 8.34. The molecule has 0 unspecified atom stereocenters. The zero-order valence-corrected chi connectivity index (χ0v) is 18.0. The molecule has 162 valence electrons. The molecule has 7 heteroatoms. The Morgan fingerprint density at radius 1 is 1.00 bits per heavy atom. The van der Waals surface area contributed by atoms with Crippen LogP contribution in [0.4, 0.5) is 11.4 Å². The van der Waals surface area contributed by atoms with Gasteiger partial charge < -0.3 is 24.8 Å². The topological polar surface area (TPSA) is 85.9 Å². The number of allylic oxidation sites excluding steroid dienone is 1. The normalized spacial score (nSPS) is 22.3. The van der Waals surface area contributed by atoms with E-state index in [-0.39, 0.29) is 11.7 Å². The van der Waals surface area contributed by atoms with Gasteiger partial charge >= 0.3 is 5.97 Å². The van der Waals surface area contributed by atoms with Crippen LogP contribution in [0.15, 0.2) is 53.7 Å². The Balaban J connectivity index is 1.93. The van der Waals surface area contributed by atoms with Crippen LogP contribution in [-0.4, -0.2) is 33.1 Å². The second-order valence-corrected chi connectivity index (χ2v) is 7.77. The van der Waals surface area contributed by atoms with E-state index in [9.17, 15) is 9.59 Å². The average Bonchev–Trinajstić information content (AvgIpc) is 2.94. The van der Waals surface area contributed by atoms with Gasteiger partial charge in [-0.25, -0.2) is 0 Å². The molecule has 31 heavy (non-hydrogen) atoms. The van der Waals surface area contributed by atoms with E-state index in [0.29, 0.717) is 23.5 Å². The number of nitrogens with one attached hydrogen (secondary N) is 2. The number of hydrogen-bond acceptors (Lipinski definition) is 7. The minimum atomic E-state index is -0.854. The maximum Gasteiger partial charge on any atom is 0.316 e. The maximum absolute atomic E-state index is 13.7. The molecule has 1 heterocycles.